The van der Waals surface area contributed by atoms with Gasteiger partial charge in [0.05, 0.1) is 12.7 Å². The van der Waals surface area contributed by atoms with E-state index in [9.17, 15) is 9.59 Å². The van der Waals surface area contributed by atoms with Crippen molar-refractivity contribution in [3.8, 4) is 6.07 Å². The Balaban J connectivity index is 2.07. The molecule has 1 amide bonds. The fraction of sp³-hybridized carbons (Fsp3) is 0.167. The first-order chi connectivity index (χ1) is 11.5. The number of ether oxygens (including phenoxy) is 1. The van der Waals surface area contributed by atoms with Crippen LogP contribution in [0, 0.1) is 25.2 Å². The lowest BCUT2D eigenvalue weighted by Gasteiger charge is -2.00. The second-order valence-electron chi connectivity index (χ2n) is 5.04. The third-order valence-corrected chi connectivity index (χ3v) is 3.49. The van der Waals surface area contributed by atoms with Crippen molar-refractivity contribution in [1.82, 2.24) is 0 Å². The topological polar surface area (TPSA) is 92.3 Å². The van der Waals surface area contributed by atoms with E-state index >= 15 is 0 Å². The van der Waals surface area contributed by atoms with Gasteiger partial charge in [0, 0.05) is 11.6 Å². The van der Waals surface area contributed by atoms with E-state index in [0.29, 0.717) is 22.5 Å². The van der Waals surface area contributed by atoms with Crippen molar-refractivity contribution in [1.29, 1.82) is 5.26 Å². The lowest BCUT2D eigenvalue weighted by Crippen LogP contribution is -2.08. The molecule has 0 atom stereocenters. The molecule has 1 aromatic carbocycles. The molecule has 0 aliphatic carbocycles. The summed E-state index contributed by atoms with van der Waals surface area (Å²) in [7, 11) is 1.31. The highest BCUT2D eigenvalue weighted by Gasteiger charge is 2.15. The van der Waals surface area contributed by atoms with Crippen molar-refractivity contribution >= 4 is 23.8 Å². The average molecular weight is 324 g/mol. The van der Waals surface area contributed by atoms with Crippen LogP contribution in [0.3, 0.4) is 0 Å². The first kappa shape index (κ1) is 17.0. The van der Waals surface area contributed by atoms with Crippen LogP contribution in [0.15, 0.2) is 34.8 Å². The zero-order chi connectivity index (χ0) is 17.7. The molecule has 0 fully saturated rings. The summed E-state index contributed by atoms with van der Waals surface area (Å²) in [6.45, 7) is 3.48. The minimum atomic E-state index is -0.420. The lowest BCUT2D eigenvalue weighted by atomic mass is 10.1. The maximum absolute atomic E-state index is 12.0. The molecule has 1 heterocycles. The molecule has 0 aliphatic rings. The van der Waals surface area contributed by atoms with Crippen LogP contribution in [-0.4, -0.2) is 19.0 Å². The van der Waals surface area contributed by atoms with Crippen LogP contribution in [0.25, 0.3) is 6.08 Å². The van der Waals surface area contributed by atoms with Gasteiger partial charge in [0.1, 0.15) is 17.4 Å². The molecule has 2 aromatic rings. The Hall–Kier alpha value is -3.33. The number of esters is 1. The monoisotopic (exact) mass is 324 g/mol. The molecule has 1 aromatic heterocycles. The summed E-state index contributed by atoms with van der Waals surface area (Å²) < 4.78 is 9.99. The van der Waals surface area contributed by atoms with Crippen molar-refractivity contribution in [3.63, 3.8) is 0 Å². The number of amides is 1. The van der Waals surface area contributed by atoms with Crippen LogP contribution in [0.1, 0.15) is 32.8 Å². The molecule has 0 radical (unpaired) electrons. The van der Waals surface area contributed by atoms with Crippen molar-refractivity contribution in [2.45, 2.75) is 13.8 Å². The first-order valence-electron chi connectivity index (χ1n) is 7.13. The second kappa shape index (κ2) is 7.29. The molecule has 6 nitrogen and oxygen atoms in total. The highest BCUT2D eigenvalue weighted by Crippen LogP contribution is 2.25. The Morgan fingerprint density at radius 1 is 1.25 bits per heavy atom. The normalized spacial score (nSPS) is 10.4. The predicted octanol–water partition coefficient (Wildman–Crippen LogP) is 3.21. The summed E-state index contributed by atoms with van der Waals surface area (Å²) in [4.78, 5) is 23.3. The molecule has 0 aliphatic heterocycles. The third-order valence-electron chi connectivity index (χ3n) is 3.49. The van der Waals surface area contributed by atoms with Gasteiger partial charge in [-0.15, -0.1) is 0 Å². The number of methoxy groups -OCH3 is 1. The fourth-order valence-corrected chi connectivity index (χ4v) is 2.02. The summed E-state index contributed by atoms with van der Waals surface area (Å²) in [6.07, 6.45) is 2.91. The summed E-state index contributed by atoms with van der Waals surface area (Å²) in [6, 6.07) is 8.61. The summed E-state index contributed by atoms with van der Waals surface area (Å²) in [5, 5.41) is 11.7. The van der Waals surface area contributed by atoms with Crippen LogP contribution < -0.4 is 5.32 Å². The van der Waals surface area contributed by atoms with Gasteiger partial charge in [-0.2, -0.15) is 5.26 Å². The Morgan fingerprint density at radius 2 is 1.92 bits per heavy atom. The number of carbonyl (C=O) groups excluding carboxylic acids is 2. The number of anilines is 1. The molecule has 0 saturated heterocycles. The van der Waals surface area contributed by atoms with Crippen LogP contribution in [0.4, 0.5) is 5.88 Å². The quantitative estimate of drug-likeness (QED) is 0.688. The Kier molecular flexibility index (Phi) is 5.17. The summed E-state index contributed by atoms with van der Waals surface area (Å²) in [5.41, 5.74) is 2.19. The van der Waals surface area contributed by atoms with Gasteiger partial charge in [-0.25, -0.2) is 4.79 Å². The molecular formula is C18H16N2O4. The van der Waals surface area contributed by atoms with E-state index in [-0.39, 0.29) is 5.88 Å². The van der Waals surface area contributed by atoms with Crippen molar-refractivity contribution in [2.24, 2.45) is 0 Å². The number of carbonyl (C=O) groups is 2. The van der Waals surface area contributed by atoms with Crippen molar-refractivity contribution in [2.75, 3.05) is 12.4 Å². The number of benzene rings is 1. The van der Waals surface area contributed by atoms with E-state index in [4.69, 9.17) is 9.68 Å². The Bertz CT molecular complexity index is 839. The van der Waals surface area contributed by atoms with Crippen LogP contribution in [-0.2, 0) is 9.53 Å². The number of hydrogen-bond acceptors (Lipinski definition) is 5. The van der Waals surface area contributed by atoms with Crippen molar-refractivity contribution < 1.29 is 18.7 Å². The Morgan fingerprint density at radius 3 is 2.50 bits per heavy atom. The number of aryl methyl sites for hydroxylation is 1. The number of nitrogens with zero attached hydrogens (tertiary/aromatic N) is 1. The summed E-state index contributed by atoms with van der Waals surface area (Å²) in [5.74, 6) is -0.111. The highest BCUT2D eigenvalue weighted by molar-refractivity contribution is 6.02. The molecule has 0 unspecified atom stereocenters. The van der Waals surface area contributed by atoms with Crippen molar-refractivity contribution in [3.05, 3.63) is 58.4 Å². The SMILES string of the molecule is COC(=O)c1ccc(/C=C/C(=O)Nc2oc(C)c(C)c2C#N)cc1. The second-order valence-corrected chi connectivity index (χ2v) is 5.04. The summed E-state index contributed by atoms with van der Waals surface area (Å²) >= 11 is 0. The molecular weight excluding hydrogens is 308 g/mol. The van der Waals surface area contributed by atoms with Crippen LogP contribution >= 0.6 is 0 Å². The number of nitriles is 1. The standard InChI is InChI=1S/C18H16N2O4/c1-11-12(2)24-17(15(11)10-19)20-16(21)9-6-13-4-7-14(8-5-13)18(22)23-3/h4-9H,1-3H3,(H,20,21)/b9-6+. The van der Waals surface area contributed by atoms with Crippen LogP contribution in [0.5, 0.6) is 0 Å². The number of rotatable bonds is 4. The molecule has 1 N–H and O–H groups in total. The zero-order valence-corrected chi connectivity index (χ0v) is 13.5. The van der Waals surface area contributed by atoms with Gasteiger partial charge in [-0.3, -0.25) is 10.1 Å². The molecule has 0 bridgehead atoms. The zero-order valence-electron chi connectivity index (χ0n) is 13.5. The maximum Gasteiger partial charge on any atom is 0.337 e. The van der Waals surface area contributed by atoms with Gasteiger partial charge in [0.2, 0.25) is 5.88 Å². The van der Waals surface area contributed by atoms with Gasteiger partial charge in [-0.05, 0) is 37.6 Å². The minimum Gasteiger partial charge on any atom is -0.465 e. The lowest BCUT2D eigenvalue weighted by molar-refractivity contribution is -0.111. The van der Waals surface area contributed by atoms with Crippen LogP contribution in [0.2, 0.25) is 0 Å². The predicted molar refractivity (Wildman–Crippen MR) is 88.3 cm³/mol. The maximum atomic E-state index is 12.0. The van der Waals surface area contributed by atoms with E-state index in [0.717, 1.165) is 5.56 Å². The van der Waals surface area contributed by atoms with E-state index in [2.05, 4.69) is 10.1 Å². The first-order valence-corrected chi connectivity index (χ1v) is 7.13. The van der Waals surface area contributed by atoms with Gasteiger partial charge in [0.15, 0.2) is 0 Å². The highest BCUT2D eigenvalue weighted by atomic mass is 16.5. The average Bonchev–Trinajstić information content (AvgIpc) is 2.86. The molecule has 122 valence electrons. The van der Waals surface area contributed by atoms with Gasteiger partial charge in [-0.1, -0.05) is 12.1 Å². The smallest absolute Gasteiger partial charge is 0.337 e. The largest absolute Gasteiger partial charge is 0.465 e. The van der Waals surface area contributed by atoms with Gasteiger partial charge < -0.3 is 9.15 Å². The Labute approximate surface area is 139 Å². The van der Waals surface area contributed by atoms with E-state index in [1.54, 1.807) is 44.2 Å². The minimum absolute atomic E-state index is 0.142. The number of nitrogens with one attached hydrogen (secondary N) is 1. The molecule has 0 spiro atoms. The van der Waals surface area contributed by atoms with Gasteiger partial charge >= 0.3 is 5.97 Å². The molecule has 6 heteroatoms. The van der Waals surface area contributed by atoms with E-state index in [1.165, 1.54) is 13.2 Å². The molecule has 2 rings (SSSR count). The number of hydrogen-bond donors (Lipinski definition) is 1. The molecule has 0 saturated carbocycles. The van der Waals surface area contributed by atoms with E-state index in [1.807, 2.05) is 6.07 Å². The fourth-order valence-electron chi connectivity index (χ4n) is 2.02. The third kappa shape index (κ3) is 3.70. The molecule has 24 heavy (non-hydrogen) atoms. The number of furan rings is 1. The van der Waals surface area contributed by atoms with Gasteiger partial charge in [0.25, 0.3) is 5.91 Å². The van der Waals surface area contributed by atoms with E-state index < -0.39 is 11.9 Å².